The summed E-state index contributed by atoms with van der Waals surface area (Å²) >= 11 is 0. The molecule has 0 amide bonds. The van der Waals surface area contributed by atoms with Gasteiger partial charge in [-0.25, -0.2) is 9.59 Å². The molecule has 0 N–H and O–H groups in total. The van der Waals surface area contributed by atoms with E-state index in [9.17, 15) is 9.59 Å². The van der Waals surface area contributed by atoms with Gasteiger partial charge in [0.2, 0.25) is 0 Å². The van der Waals surface area contributed by atoms with Crippen LogP contribution < -0.4 is 16.1 Å². The molecule has 0 aliphatic heterocycles. The van der Waals surface area contributed by atoms with Crippen LogP contribution in [0, 0.1) is 11.8 Å². The molecule has 0 bridgehead atoms. The highest BCUT2D eigenvalue weighted by molar-refractivity contribution is 4.94. The third-order valence-electron chi connectivity index (χ3n) is 1.08. The van der Waals surface area contributed by atoms with Crippen LogP contribution in [-0.4, -0.2) is 11.7 Å². The van der Waals surface area contributed by atoms with E-state index >= 15 is 0 Å². The third kappa shape index (κ3) is 2.56. The first-order valence-electron chi connectivity index (χ1n) is 3.51. The zero-order valence-corrected chi connectivity index (χ0v) is 6.90. The van der Waals surface area contributed by atoms with Crippen molar-refractivity contribution in [1.82, 2.24) is 5.08 Å². The van der Waals surface area contributed by atoms with Crippen molar-refractivity contribution < 1.29 is 13.9 Å². The Morgan fingerprint density at radius 3 is 2.54 bits per heavy atom. The predicted octanol–water partition coefficient (Wildman–Crippen LogP) is -0.763. The first-order chi connectivity index (χ1) is 6.24. The largest absolute Gasteiger partial charge is 0.449 e. The Balaban J connectivity index is 2.49. The molecule has 0 fully saturated rings. The molecule has 0 aromatic carbocycles. The topological polar surface area (TPSA) is 74.6 Å². The van der Waals surface area contributed by atoms with Crippen LogP contribution >= 0.6 is 0 Å². The molecule has 0 aliphatic rings. The van der Waals surface area contributed by atoms with Crippen molar-refractivity contribution in [2.45, 2.75) is 13.3 Å². The summed E-state index contributed by atoms with van der Waals surface area (Å²) < 4.78 is 8.41. The first-order valence-corrected chi connectivity index (χ1v) is 3.51. The summed E-state index contributed by atoms with van der Waals surface area (Å²) in [6.45, 7) is 1.87. The van der Waals surface area contributed by atoms with Crippen molar-refractivity contribution >= 4 is 0 Å². The van der Waals surface area contributed by atoms with Gasteiger partial charge in [-0.2, -0.15) is 0 Å². The van der Waals surface area contributed by atoms with Crippen molar-refractivity contribution in [3.8, 4) is 11.8 Å². The van der Waals surface area contributed by atoms with Gasteiger partial charge in [0.15, 0.2) is 0 Å². The number of hydrogen-bond donors (Lipinski definition) is 0. The molecule has 0 unspecified atom stereocenters. The summed E-state index contributed by atoms with van der Waals surface area (Å²) in [5, 5.41) is 0.377. The van der Waals surface area contributed by atoms with E-state index in [2.05, 4.69) is 20.9 Å². The first kappa shape index (κ1) is 9.19. The Hall–Kier alpha value is -1.90. The van der Waals surface area contributed by atoms with Crippen LogP contribution in [0.4, 0.5) is 0 Å². The number of nitrogens with zero attached hydrogens (tertiary/aromatic N) is 1. The van der Waals surface area contributed by atoms with E-state index < -0.39 is 11.3 Å². The third-order valence-corrected chi connectivity index (χ3v) is 1.08. The molecule has 1 heterocycles. The van der Waals surface area contributed by atoms with Crippen LogP contribution in [0.15, 0.2) is 18.6 Å². The number of rotatable bonds is 3. The van der Waals surface area contributed by atoms with Crippen LogP contribution in [0.5, 0.6) is 0 Å². The van der Waals surface area contributed by atoms with Crippen LogP contribution in [-0.2, 0) is 0 Å². The molecule has 70 valence electrons. The van der Waals surface area contributed by atoms with Crippen LogP contribution in [0.2, 0.25) is 0 Å². The van der Waals surface area contributed by atoms with E-state index in [0.717, 1.165) is 0 Å². The van der Waals surface area contributed by atoms with Gasteiger partial charge in [0.25, 0.3) is 0 Å². The Labute approximate surface area is 72.6 Å². The Morgan fingerprint density at radius 2 is 2.00 bits per heavy atom. The zero-order chi connectivity index (χ0) is 9.68. The van der Waals surface area contributed by atoms with Crippen molar-refractivity contribution in [2.24, 2.45) is 0 Å². The lowest BCUT2D eigenvalue weighted by Gasteiger charge is -1.95. The van der Waals surface area contributed by atoms with E-state index in [0.29, 0.717) is 11.5 Å². The van der Waals surface area contributed by atoms with Gasteiger partial charge in [0, 0.05) is 6.42 Å². The molecule has 0 spiro atoms. The van der Waals surface area contributed by atoms with Gasteiger partial charge in [-0.1, -0.05) is 5.92 Å². The normalized spacial score (nSPS) is 9.00. The fraction of sp³-hybridized carbons (Fsp3) is 0.429. The monoisotopic (exact) mass is 185 g/mol. The molecule has 0 saturated heterocycles. The lowest BCUT2D eigenvalue weighted by atomic mass is 10.4. The molecular formula is C7H7NO5. The molecule has 0 radical (unpaired) electrons. The number of aromatic nitrogens is 1. The van der Waals surface area contributed by atoms with Crippen LogP contribution in [0.1, 0.15) is 13.3 Å². The molecule has 0 saturated carbocycles. The van der Waals surface area contributed by atoms with E-state index in [1.807, 2.05) is 0 Å². The fourth-order valence-electron chi connectivity index (χ4n) is 0.577. The highest BCUT2D eigenvalue weighted by Gasteiger charge is 2.04. The average molecular weight is 185 g/mol. The van der Waals surface area contributed by atoms with Crippen molar-refractivity contribution in [3.05, 3.63) is 20.8 Å². The molecule has 1 rings (SSSR count). The number of hydrogen-bond acceptors (Lipinski definition) is 5. The Bertz CT molecular complexity index is 398. The minimum Gasteiger partial charge on any atom is -0.356 e. The minimum atomic E-state index is -1.10. The molecule has 6 nitrogen and oxygen atoms in total. The summed E-state index contributed by atoms with van der Waals surface area (Å²) in [5.41, 5.74) is -2.19. The summed E-state index contributed by atoms with van der Waals surface area (Å²) in [6, 6.07) is 0. The summed E-state index contributed by atoms with van der Waals surface area (Å²) in [6.07, 6.45) is 0.460. The molecular weight excluding hydrogens is 178 g/mol. The molecule has 0 atom stereocenters. The molecule has 1 aromatic rings. The summed E-state index contributed by atoms with van der Waals surface area (Å²) in [7, 11) is 0. The standard InChI is InChI=1S/C7H7NO5/c1-2-3-4-5-11-8-12-6(9)7(10)13-8/h4-5H2,1H3. The van der Waals surface area contributed by atoms with E-state index in [1.165, 1.54) is 0 Å². The maximum absolute atomic E-state index is 10.4. The Morgan fingerprint density at radius 1 is 1.38 bits per heavy atom. The van der Waals surface area contributed by atoms with E-state index in [-0.39, 0.29) is 6.61 Å². The lowest BCUT2D eigenvalue weighted by molar-refractivity contribution is -0.143. The second-order valence-corrected chi connectivity index (χ2v) is 1.99. The van der Waals surface area contributed by atoms with Crippen molar-refractivity contribution in [1.29, 1.82) is 0 Å². The fourth-order valence-corrected chi connectivity index (χ4v) is 0.577. The maximum atomic E-state index is 10.4. The lowest BCUT2D eigenvalue weighted by Crippen LogP contribution is -2.14. The van der Waals surface area contributed by atoms with Gasteiger partial charge in [-0.15, -0.1) is 5.92 Å². The SMILES string of the molecule is CC#CCCOn1oc(=O)c(=O)o1. The van der Waals surface area contributed by atoms with Gasteiger partial charge in [0.1, 0.15) is 11.7 Å². The molecule has 0 aliphatic carbocycles. The van der Waals surface area contributed by atoms with Crippen molar-refractivity contribution in [2.75, 3.05) is 6.61 Å². The predicted molar refractivity (Wildman–Crippen MR) is 41.0 cm³/mol. The molecule has 6 heteroatoms. The van der Waals surface area contributed by atoms with Gasteiger partial charge in [0.05, 0.1) is 0 Å². The highest BCUT2D eigenvalue weighted by Crippen LogP contribution is 1.77. The minimum absolute atomic E-state index is 0.182. The zero-order valence-electron chi connectivity index (χ0n) is 6.90. The highest BCUT2D eigenvalue weighted by atomic mass is 17.0. The second-order valence-electron chi connectivity index (χ2n) is 1.99. The van der Waals surface area contributed by atoms with Crippen LogP contribution in [0.3, 0.4) is 0 Å². The molecule has 13 heavy (non-hydrogen) atoms. The van der Waals surface area contributed by atoms with Gasteiger partial charge >= 0.3 is 11.3 Å². The smallest absolute Gasteiger partial charge is 0.356 e. The average Bonchev–Trinajstić information content (AvgIpc) is 2.41. The molecule has 1 aromatic heterocycles. The van der Waals surface area contributed by atoms with Crippen LogP contribution in [0.25, 0.3) is 0 Å². The quantitative estimate of drug-likeness (QED) is 0.351. The van der Waals surface area contributed by atoms with Gasteiger partial charge < -0.3 is 4.84 Å². The second kappa shape index (κ2) is 4.21. The van der Waals surface area contributed by atoms with Gasteiger partial charge in [-0.3, -0.25) is 9.05 Å². The summed E-state index contributed by atoms with van der Waals surface area (Å²) in [5.74, 6) is 5.36. The van der Waals surface area contributed by atoms with Crippen molar-refractivity contribution in [3.63, 3.8) is 0 Å². The summed E-state index contributed by atoms with van der Waals surface area (Å²) in [4.78, 5) is 25.5. The maximum Gasteiger partial charge on any atom is 0.449 e. The van der Waals surface area contributed by atoms with E-state index in [4.69, 9.17) is 4.84 Å². The Kier molecular flexibility index (Phi) is 2.97. The van der Waals surface area contributed by atoms with E-state index in [1.54, 1.807) is 6.92 Å². The van der Waals surface area contributed by atoms with Gasteiger partial charge in [-0.05, 0) is 6.92 Å².